The van der Waals surface area contributed by atoms with Crippen molar-refractivity contribution in [2.45, 2.75) is 32.1 Å². The molecule has 0 saturated carbocycles. The van der Waals surface area contributed by atoms with Crippen molar-refractivity contribution in [3.05, 3.63) is 71.3 Å². The highest BCUT2D eigenvalue weighted by molar-refractivity contribution is 5.77. The lowest BCUT2D eigenvalue weighted by molar-refractivity contribution is -0.128. The van der Waals surface area contributed by atoms with Crippen molar-refractivity contribution in [3.63, 3.8) is 0 Å². The Kier molecular flexibility index (Phi) is 5.98. The number of unbranched alkanes of at least 4 members (excludes halogenated alkanes) is 1. The van der Waals surface area contributed by atoms with Crippen molar-refractivity contribution >= 4 is 5.91 Å². The second-order valence-corrected chi connectivity index (χ2v) is 5.22. The van der Waals surface area contributed by atoms with Crippen molar-refractivity contribution < 1.29 is 10.0 Å². The SMILES string of the molecule is O=C(Cc1cccc(CCCCc2ccccc2)c1)NO. The number of hydrogen-bond donors (Lipinski definition) is 2. The van der Waals surface area contributed by atoms with E-state index in [0.717, 1.165) is 31.2 Å². The summed E-state index contributed by atoms with van der Waals surface area (Å²) in [6, 6.07) is 18.5. The molecule has 0 spiro atoms. The van der Waals surface area contributed by atoms with E-state index < -0.39 is 0 Å². The van der Waals surface area contributed by atoms with E-state index in [2.05, 4.69) is 30.3 Å². The molecule has 2 aromatic rings. The number of nitrogens with one attached hydrogen (secondary N) is 1. The highest BCUT2D eigenvalue weighted by Crippen LogP contribution is 2.11. The largest absolute Gasteiger partial charge is 0.289 e. The molecule has 3 nitrogen and oxygen atoms in total. The van der Waals surface area contributed by atoms with Crippen LogP contribution in [-0.4, -0.2) is 11.1 Å². The maximum atomic E-state index is 11.1. The van der Waals surface area contributed by atoms with Crippen LogP contribution in [0.3, 0.4) is 0 Å². The predicted octanol–water partition coefficient (Wildman–Crippen LogP) is 3.30. The molecule has 2 aromatic carbocycles. The van der Waals surface area contributed by atoms with Crippen LogP contribution in [0.5, 0.6) is 0 Å². The standard InChI is InChI=1S/C18H21NO2/c20-18(19-21)14-17-12-6-11-16(13-17)10-5-4-9-15-7-2-1-3-8-15/h1-3,6-8,11-13,21H,4-5,9-10,14H2,(H,19,20). The predicted molar refractivity (Wildman–Crippen MR) is 83.2 cm³/mol. The molecule has 3 heteroatoms. The van der Waals surface area contributed by atoms with Gasteiger partial charge in [-0.15, -0.1) is 0 Å². The lowest BCUT2D eigenvalue weighted by Gasteiger charge is -2.05. The van der Waals surface area contributed by atoms with E-state index in [9.17, 15) is 4.79 Å². The number of carbonyl (C=O) groups excluding carboxylic acids is 1. The minimum atomic E-state index is -0.378. The number of amides is 1. The lowest BCUT2D eigenvalue weighted by Crippen LogP contribution is -2.20. The van der Waals surface area contributed by atoms with Gasteiger partial charge in [-0.05, 0) is 42.4 Å². The fraction of sp³-hybridized carbons (Fsp3) is 0.278. The molecule has 0 atom stereocenters. The Morgan fingerprint density at radius 1 is 0.857 bits per heavy atom. The summed E-state index contributed by atoms with van der Waals surface area (Å²) in [7, 11) is 0. The van der Waals surface area contributed by atoms with E-state index in [1.807, 2.05) is 24.3 Å². The zero-order valence-electron chi connectivity index (χ0n) is 12.1. The first-order chi connectivity index (χ1) is 10.3. The normalized spacial score (nSPS) is 10.3. The van der Waals surface area contributed by atoms with Crippen LogP contribution in [0.15, 0.2) is 54.6 Å². The van der Waals surface area contributed by atoms with Gasteiger partial charge in [0.1, 0.15) is 0 Å². The first-order valence-electron chi connectivity index (χ1n) is 7.32. The van der Waals surface area contributed by atoms with Crippen molar-refractivity contribution in [1.29, 1.82) is 0 Å². The van der Waals surface area contributed by atoms with Crippen LogP contribution in [-0.2, 0) is 24.1 Å². The molecular formula is C18H21NO2. The van der Waals surface area contributed by atoms with Gasteiger partial charge in [-0.3, -0.25) is 10.0 Å². The second kappa shape index (κ2) is 8.22. The minimum Gasteiger partial charge on any atom is -0.289 e. The Morgan fingerprint density at radius 2 is 1.48 bits per heavy atom. The summed E-state index contributed by atoms with van der Waals surface area (Å²) in [6.07, 6.45) is 4.62. The first kappa shape index (κ1) is 15.3. The Bertz CT molecular complexity index is 566. The van der Waals surface area contributed by atoms with Gasteiger partial charge in [-0.25, -0.2) is 5.48 Å². The molecule has 0 aliphatic carbocycles. The van der Waals surface area contributed by atoms with Crippen molar-refractivity contribution in [2.24, 2.45) is 0 Å². The average molecular weight is 283 g/mol. The molecule has 2 N–H and O–H groups in total. The molecule has 2 rings (SSSR count). The van der Waals surface area contributed by atoms with Gasteiger partial charge in [0, 0.05) is 0 Å². The van der Waals surface area contributed by atoms with Crippen molar-refractivity contribution in [1.82, 2.24) is 5.48 Å². The molecule has 0 radical (unpaired) electrons. The second-order valence-electron chi connectivity index (χ2n) is 5.22. The third-order valence-electron chi connectivity index (χ3n) is 3.50. The number of benzene rings is 2. The highest BCUT2D eigenvalue weighted by Gasteiger charge is 2.02. The number of rotatable bonds is 7. The zero-order valence-corrected chi connectivity index (χ0v) is 12.1. The van der Waals surface area contributed by atoms with Crippen LogP contribution in [0, 0.1) is 0 Å². The summed E-state index contributed by atoms with van der Waals surface area (Å²) in [6.45, 7) is 0. The van der Waals surface area contributed by atoms with Gasteiger partial charge in [0.25, 0.3) is 0 Å². The summed E-state index contributed by atoms with van der Waals surface area (Å²) >= 11 is 0. The monoisotopic (exact) mass is 283 g/mol. The number of hydroxylamine groups is 1. The van der Waals surface area contributed by atoms with E-state index >= 15 is 0 Å². The third-order valence-corrected chi connectivity index (χ3v) is 3.50. The summed E-state index contributed by atoms with van der Waals surface area (Å²) < 4.78 is 0. The molecule has 0 aliphatic heterocycles. The maximum Gasteiger partial charge on any atom is 0.247 e. The molecule has 0 unspecified atom stereocenters. The number of hydrogen-bond acceptors (Lipinski definition) is 2. The molecule has 0 bridgehead atoms. The number of carbonyl (C=O) groups is 1. The molecule has 0 saturated heterocycles. The van der Waals surface area contributed by atoms with E-state index in [1.54, 1.807) is 5.48 Å². The fourth-order valence-corrected chi connectivity index (χ4v) is 2.42. The lowest BCUT2D eigenvalue weighted by atomic mass is 10.0. The summed E-state index contributed by atoms with van der Waals surface area (Å²) in [5.41, 5.74) is 5.22. The Hall–Kier alpha value is -2.13. The smallest absolute Gasteiger partial charge is 0.247 e. The van der Waals surface area contributed by atoms with Gasteiger partial charge in [-0.1, -0.05) is 54.6 Å². The van der Waals surface area contributed by atoms with Gasteiger partial charge >= 0.3 is 0 Å². The Balaban J connectivity index is 1.78. The topological polar surface area (TPSA) is 49.3 Å². The van der Waals surface area contributed by atoms with Gasteiger partial charge in [0.05, 0.1) is 6.42 Å². The number of aryl methyl sites for hydroxylation is 2. The van der Waals surface area contributed by atoms with Crippen molar-refractivity contribution in [3.8, 4) is 0 Å². The van der Waals surface area contributed by atoms with Crippen LogP contribution in [0.25, 0.3) is 0 Å². The van der Waals surface area contributed by atoms with E-state index in [1.165, 1.54) is 11.1 Å². The average Bonchev–Trinajstić information content (AvgIpc) is 2.53. The summed E-state index contributed by atoms with van der Waals surface area (Å²) in [5, 5.41) is 8.55. The highest BCUT2D eigenvalue weighted by atomic mass is 16.5. The van der Waals surface area contributed by atoms with Crippen LogP contribution < -0.4 is 5.48 Å². The fourth-order valence-electron chi connectivity index (χ4n) is 2.42. The maximum absolute atomic E-state index is 11.1. The molecule has 0 heterocycles. The van der Waals surface area contributed by atoms with Crippen LogP contribution in [0.4, 0.5) is 0 Å². The molecule has 21 heavy (non-hydrogen) atoms. The van der Waals surface area contributed by atoms with Crippen LogP contribution in [0.2, 0.25) is 0 Å². The van der Waals surface area contributed by atoms with E-state index in [4.69, 9.17) is 5.21 Å². The Morgan fingerprint density at radius 3 is 2.19 bits per heavy atom. The first-order valence-corrected chi connectivity index (χ1v) is 7.32. The van der Waals surface area contributed by atoms with Gasteiger partial charge in [0.15, 0.2) is 0 Å². The van der Waals surface area contributed by atoms with Crippen molar-refractivity contribution in [2.75, 3.05) is 0 Å². The Labute approximate surface area is 125 Å². The van der Waals surface area contributed by atoms with Crippen LogP contribution >= 0.6 is 0 Å². The summed E-state index contributed by atoms with van der Waals surface area (Å²) in [4.78, 5) is 11.1. The van der Waals surface area contributed by atoms with E-state index in [-0.39, 0.29) is 12.3 Å². The third kappa shape index (κ3) is 5.40. The van der Waals surface area contributed by atoms with Gasteiger partial charge in [0.2, 0.25) is 5.91 Å². The van der Waals surface area contributed by atoms with Crippen LogP contribution in [0.1, 0.15) is 29.5 Å². The molecule has 1 amide bonds. The molecular weight excluding hydrogens is 262 g/mol. The zero-order chi connectivity index (χ0) is 14.9. The minimum absolute atomic E-state index is 0.217. The molecule has 0 aliphatic rings. The van der Waals surface area contributed by atoms with E-state index in [0.29, 0.717) is 0 Å². The molecule has 110 valence electrons. The quantitative estimate of drug-likeness (QED) is 0.465. The molecule has 0 fully saturated rings. The summed E-state index contributed by atoms with van der Waals surface area (Å²) in [5.74, 6) is -0.378. The van der Waals surface area contributed by atoms with Gasteiger partial charge < -0.3 is 0 Å². The van der Waals surface area contributed by atoms with Gasteiger partial charge in [-0.2, -0.15) is 0 Å². The molecule has 0 aromatic heterocycles.